The van der Waals surface area contributed by atoms with E-state index in [2.05, 4.69) is 13.8 Å². The third-order valence-corrected chi connectivity index (χ3v) is 4.49. The first-order valence-corrected chi connectivity index (χ1v) is 7.05. The van der Waals surface area contributed by atoms with Crippen LogP contribution in [-0.2, 0) is 0 Å². The molecule has 1 rings (SSSR count). The molecule has 0 saturated carbocycles. The van der Waals surface area contributed by atoms with E-state index in [1.165, 1.54) is 32.1 Å². The maximum atomic E-state index is 10.2. The van der Waals surface area contributed by atoms with Crippen molar-refractivity contribution < 1.29 is 5.11 Å². The lowest BCUT2D eigenvalue weighted by atomic mass is 9.93. The molecule has 0 bridgehead atoms. The first-order valence-electron chi connectivity index (χ1n) is 6.00. The minimum atomic E-state index is -0.323. The molecule has 1 aliphatic heterocycles. The average molecular weight is 216 g/mol. The Morgan fingerprint density at radius 1 is 1.29 bits per heavy atom. The molecule has 0 radical (unpaired) electrons. The van der Waals surface area contributed by atoms with E-state index in [-0.39, 0.29) is 5.60 Å². The van der Waals surface area contributed by atoms with Crippen LogP contribution in [0.3, 0.4) is 0 Å². The molecule has 84 valence electrons. The van der Waals surface area contributed by atoms with Gasteiger partial charge in [0.2, 0.25) is 0 Å². The lowest BCUT2D eigenvalue weighted by Gasteiger charge is -2.21. The lowest BCUT2D eigenvalue weighted by Crippen LogP contribution is -2.28. The Labute approximate surface area is 92.7 Å². The van der Waals surface area contributed by atoms with E-state index in [9.17, 15) is 5.11 Å². The van der Waals surface area contributed by atoms with Crippen LogP contribution >= 0.6 is 11.8 Å². The predicted octanol–water partition coefficient (Wildman–Crippen LogP) is 3.60. The highest BCUT2D eigenvalue weighted by Gasteiger charge is 2.34. The largest absolute Gasteiger partial charge is 0.389 e. The molecule has 2 unspecified atom stereocenters. The summed E-state index contributed by atoms with van der Waals surface area (Å²) in [5, 5.41) is 10.9. The molecule has 1 fully saturated rings. The van der Waals surface area contributed by atoms with E-state index in [4.69, 9.17) is 0 Å². The summed E-state index contributed by atoms with van der Waals surface area (Å²) in [5.41, 5.74) is -0.323. The maximum absolute atomic E-state index is 10.2. The molecule has 1 heterocycles. The van der Waals surface area contributed by atoms with Crippen molar-refractivity contribution in [1.82, 2.24) is 0 Å². The van der Waals surface area contributed by atoms with Gasteiger partial charge in [-0.05, 0) is 12.8 Å². The van der Waals surface area contributed by atoms with Gasteiger partial charge in [0.05, 0.1) is 5.60 Å². The van der Waals surface area contributed by atoms with Crippen molar-refractivity contribution >= 4 is 11.8 Å². The fourth-order valence-corrected chi connectivity index (χ4v) is 3.47. The summed E-state index contributed by atoms with van der Waals surface area (Å²) in [7, 11) is 0. The van der Waals surface area contributed by atoms with Crippen LogP contribution in [0.25, 0.3) is 0 Å². The predicted molar refractivity (Wildman–Crippen MR) is 64.9 cm³/mol. The Morgan fingerprint density at radius 2 is 2.00 bits per heavy atom. The SMILES string of the molecule is CCCCCCCC1(O)CSC(C)C1. The van der Waals surface area contributed by atoms with Crippen LogP contribution in [0.1, 0.15) is 58.8 Å². The van der Waals surface area contributed by atoms with Gasteiger partial charge in [0.25, 0.3) is 0 Å². The molecule has 1 aliphatic rings. The zero-order chi connectivity index (χ0) is 10.4. The molecule has 2 atom stereocenters. The summed E-state index contributed by atoms with van der Waals surface area (Å²) in [6, 6.07) is 0. The summed E-state index contributed by atoms with van der Waals surface area (Å²) < 4.78 is 0. The first-order chi connectivity index (χ1) is 6.66. The summed E-state index contributed by atoms with van der Waals surface area (Å²) in [6.45, 7) is 4.46. The van der Waals surface area contributed by atoms with Crippen molar-refractivity contribution in [2.45, 2.75) is 69.6 Å². The molecule has 0 amide bonds. The molecule has 0 aromatic heterocycles. The Morgan fingerprint density at radius 3 is 2.57 bits per heavy atom. The van der Waals surface area contributed by atoms with Gasteiger partial charge in [-0.3, -0.25) is 0 Å². The van der Waals surface area contributed by atoms with Gasteiger partial charge in [-0.15, -0.1) is 0 Å². The highest BCUT2D eigenvalue weighted by molar-refractivity contribution is 8.00. The van der Waals surface area contributed by atoms with Crippen molar-refractivity contribution in [3.8, 4) is 0 Å². The third-order valence-electron chi connectivity index (χ3n) is 3.05. The normalized spacial score (nSPS) is 32.4. The Balaban J connectivity index is 2.05. The average Bonchev–Trinajstić information content (AvgIpc) is 2.47. The number of hydrogen-bond donors (Lipinski definition) is 1. The minimum absolute atomic E-state index is 0.323. The van der Waals surface area contributed by atoms with Crippen LogP contribution in [0.2, 0.25) is 0 Å². The molecule has 0 aromatic rings. The van der Waals surface area contributed by atoms with E-state index in [0.29, 0.717) is 5.25 Å². The van der Waals surface area contributed by atoms with E-state index >= 15 is 0 Å². The Bertz CT molecular complexity index is 160. The van der Waals surface area contributed by atoms with Gasteiger partial charge in [0, 0.05) is 11.0 Å². The maximum Gasteiger partial charge on any atom is 0.0748 e. The molecular formula is C12H24OS. The van der Waals surface area contributed by atoms with Crippen LogP contribution in [-0.4, -0.2) is 21.7 Å². The summed E-state index contributed by atoms with van der Waals surface area (Å²) in [4.78, 5) is 0. The molecular weight excluding hydrogens is 192 g/mol. The summed E-state index contributed by atoms with van der Waals surface area (Å²) in [5.74, 6) is 0.960. The van der Waals surface area contributed by atoms with Crippen molar-refractivity contribution in [3.05, 3.63) is 0 Å². The van der Waals surface area contributed by atoms with E-state index in [1.807, 2.05) is 11.8 Å². The number of unbranched alkanes of at least 4 members (excludes halogenated alkanes) is 4. The smallest absolute Gasteiger partial charge is 0.0748 e. The van der Waals surface area contributed by atoms with E-state index in [1.54, 1.807) is 0 Å². The van der Waals surface area contributed by atoms with E-state index < -0.39 is 0 Å². The quantitative estimate of drug-likeness (QED) is 0.685. The van der Waals surface area contributed by atoms with Crippen LogP contribution < -0.4 is 0 Å². The van der Waals surface area contributed by atoms with Crippen LogP contribution in [0.15, 0.2) is 0 Å². The van der Waals surface area contributed by atoms with Gasteiger partial charge in [-0.2, -0.15) is 11.8 Å². The van der Waals surface area contributed by atoms with Gasteiger partial charge in [0.15, 0.2) is 0 Å². The molecule has 1 N–H and O–H groups in total. The first kappa shape index (κ1) is 12.4. The molecule has 0 aromatic carbocycles. The number of rotatable bonds is 6. The topological polar surface area (TPSA) is 20.2 Å². The van der Waals surface area contributed by atoms with Crippen molar-refractivity contribution in [1.29, 1.82) is 0 Å². The third kappa shape index (κ3) is 4.22. The highest BCUT2D eigenvalue weighted by Crippen LogP contribution is 2.37. The minimum Gasteiger partial charge on any atom is -0.389 e. The summed E-state index contributed by atoms with van der Waals surface area (Å²) >= 11 is 1.92. The number of aliphatic hydroxyl groups is 1. The Kier molecular flexibility index (Phi) is 5.32. The second-order valence-electron chi connectivity index (χ2n) is 4.71. The fraction of sp³-hybridized carbons (Fsp3) is 1.00. The molecule has 1 nitrogen and oxygen atoms in total. The van der Waals surface area contributed by atoms with Crippen LogP contribution in [0.4, 0.5) is 0 Å². The molecule has 1 saturated heterocycles. The highest BCUT2D eigenvalue weighted by atomic mass is 32.2. The monoisotopic (exact) mass is 216 g/mol. The summed E-state index contributed by atoms with van der Waals surface area (Å²) in [6.07, 6.45) is 8.54. The number of thioether (sulfide) groups is 1. The van der Waals surface area contributed by atoms with E-state index in [0.717, 1.165) is 18.6 Å². The number of hydrogen-bond acceptors (Lipinski definition) is 2. The second-order valence-corrected chi connectivity index (χ2v) is 6.14. The van der Waals surface area contributed by atoms with Crippen LogP contribution in [0.5, 0.6) is 0 Å². The van der Waals surface area contributed by atoms with Gasteiger partial charge in [0.1, 0.15) is 0 Å². The lowest BCUT2D eigenvalue weighted by molar-refractivity contribution is 0.0519. The second kappa shape index (κ2) is 6.02. The molecule has 0 aliphatic carbocycles. The zero-order valence-corrected chi connectivity index (χ0v) is 10.4. The van der Waals surface area contributed by atoms with Gasteiger partial charge in [-0.1, -0.05) is 46.0 Å². The van der Waals surface area contributed by atoms with Crippen molar-refractivity contribution in [2.24, 2.45) is 0 Å². The fourth-order valence-electron chi connectivity index (χ4n) is 2.18. The van der Waals surface area contributed by atoms with Crippen molar-refractivity contribution in [3.63, 3.8) is 0 Å². The van der Waals surface area contributed by atoms with Crippen molar-refractivity contribution in [2.75, 3.05) is 5.75 Å². The van der Waals surface area contributed by atoms with Gasteiger partial charge >= 0.3 is 0 Å². The Hall–Kier alpha value is 0.310. The molecule has 2 heteroatoms. The van der Waals surface area contributed by atoms with Crippen LogP contribution in [0, 0.1) is 0 Å². The molecule has 14 heavy (non-hydrogen) atoms. The van der Waals surface area contributed by atoms with Gasteiger partial charge in [-0.25, -0.2) is 0 Å². The van der Waals surface area contributed by atoms with Gasteiger partial charge < -0.3 is 5.11 Å². The molecule has 0 spiro atoms. The standard InChI is InChI=1S/C12H24OS/c1-3-4-5-6-7-8-12(13)9-11(2)14-10-12/h11,13H,3-10H2,1-2H3. The zero-order valence-electron chi connectivity index (χ0n) is 9.59.